The zero-order valence-electron chi connectivity index (χ0n) is 7.84. The number of aliphatic hydroxyl groups is 1. The summed E-state index contributed by atoms with van der Waals surface area (Å²) in [6.45, 7) is 5.68. The molecule has 1 fully saturated rings. The Morgan fingerprint density at radius 3 is 2.75 bits per heavy atom. The van der Waals surface area contributed by atoms with Crippen molar-refractivity contribution in [3.05, 3.63) is 0 Å². The van der Waals surface area contributed by atoms with Crippen molar-refractivity contribution < 1.29 is 9.90 Å². The molecule has 1 heterocycles. The average molecular weight is 171 g/mol. The molecule has 1 atom stereocenters. The number of nitrogens with zero attached hydrogens (tertiary/aromatic N) is 1. The highest BCUT2D eigenvalue weighted by Gasteiger charge is 2.31. The molecule has 1 unspecified atom stereocenters. The Bertz CT molecular complexity index is 177. The van der Waals surface area contributed by atoms with Gasteiger partial charge in [-0.3, -0.25) is 9.69 Å². The van der Waals surface area contributed by atoms with Gasteiger partial charge in [0.05, 0.1) is 12.1 Å². The quantitative estimate of drug-likeness (QED) is 0.669. The van der Waals surface area contributed by atoms with Gasteiger partial charge < -0.3 is 5.11 Å². The van der Waals surface area contributed by atoms with E-state index in [0.29, 0.717) is 19.5 Å². The van der Waals surface area contributed by atoms with Gasteiger partial charge in [0.2, 0.25) is 0 Å². The van der Waals surface area contributed by atoms with Crippen LogP contribution in [0, 0.1) is 0 Å². The molecular weight excluding hydrogens is 154 g/mol. The second kappa shape index (κ2) is 3.54. The smallest absolute Gasteiger partial charge is 0.146 e. The van der Waals surface area contributed by atoms with E-state index >= 15 is 0 Å². The summed E-state index contributed by atoms with van der Waals surface area (Å²) in [5, 5.41) is 9.60. The van der Waals surface area contributed by atoms with Crippen LogP contribution in [0.4, 0.5) is 0 Å². The Morgan fingerprint density at radius 1 is 1.67 bits per heavy atom. The number of ketones is 1. The van der Waals surface area contributed by atoms with Crippen molar-refractivity contribution in [2.75, 3.05) is 19.6 Å². The minimum absolute atomic E-state index is 0.257. The van der Waals surface area contributed by atoms with Crippen molar-refractivity contribution >= 4 is 5.78 Å². The third-order valence-corrected chi connectivity index (χ3v) is 2.33. The molecule has 0 aliphatic carbocycles. The van der Waals surface area contributed by atoms with Crippen LogP contribution in [0.3, 0.4) is 0 Å². The molecule has 3 heteroatoms. The molecule has 1 aliphatic heterocycles. The lowest BCUT2D eigenvalue weighted by Gasteiger charge is -2.17. The number of hydrogen-bond donors (Lipinski definition) is 1. The predicted molar refractivity (Wildman–Crippen MR) is 47.0 cm³/mol. The molecule has 1 rings (SSSR count). The van der Waals surface area contributed by atoms with Crippen LogP contribution in [0.15, 0.2) is 0 Å². The molecule has 12 heavy (non-hydrogen) atoms. The van der Waals surface area contributed by atoms with Crippen LogP contribution < -0.4 is 0 Å². The highest BCUT2D eigenvalue weighted by molar-refractivity contribution is 5.80. The van der Waals surface area contributed by atoms with E-state index in [1.165, 1.54) is 0 Å². The fourth-order valence-electron chi connectivity index (χ4n) is 1.53. The van der Waals surface area contributed by atoms with Crippen molar-refractivity contribution in [1.29, 1.82) is 0 Å². The van der Waals surface area contributed by atoms with Crippen LogP contribution >= 0.6 is 0 Å². The first-order valence-corrected chi connectivity index (χ1v) is 4.50. The fourth-order valence-corrected chi connectivity index (χ4v) is 1.53. The number of β-amino-alcohol motifs (C(OH)–C–C–N with tert-alkyl or cyclic N) is 1. The second-order valence-electron chi connectivity index (χ2n) is 3.85. The summed E-state index contributed by atoms with van der Waals surface area (Å²) in [6, 6.07) is 0. The summed E-state index contributed by atoms with van der Waals surface area (Å²) < 4.78 is 0. The van der Waals surface area contributed by atoms with Crippen LogP contribution in [-0.2, 0) is 4.79 Å². The van der Waals surface area contributed by atoms with Crippen LogP contribution in [-0.4, -0.2) is 41.0 Å². The minimum Gasteiger partial charge on any atom is -0.389 e. The van der Waals surface area contributed by atoms with Gasteiger partial charge in [-0.25, -0.2) is 0 Å². The monoisotopic (exact) mass is 171 g/mol. The third kappa shape index (κ3) is 2.57. The molecule has 0 aromatic heterocycles. The lowest BCUT2D eigenvalue weighted by atomic mass is 10.1. The molecule has 1 aliphatic rings. The maximum atomic E-state index is 11.1. The number of hydrogen-bond acceptors (Lipinski definition) is 3. The topological polar surface area (TPSA) is 40.5 Å². The average Bonchev–Trinajstić information content (AvgIpc) is 2.30. The van der Waals surface area contributed by atoms with Gasteiger partial charge in [-0.1, -0.05) is 6.92 Å². The summed E-state index contributed by atoms with van der Waals surface area (Å²) in [5.74, 6) is 0.257. The number of rotatable bonds is 3. The second-order valence-corrected chi connectivity index (χ2v) is 3.85. The molecule has 0 spiro atoms. The van der Waals surface area contributed by atoms with Crippen molar-refractivity contribution in [2.24, 2.45) is 0 Å². The van der Waals surface area contributed by atoms with E-state index in [-0.39, 0.29) is 5.78 Å². The van der Waals surface area contributed by atoms with Crippen LogP contribution in [0.2, 0.25) is 0 Å². The standard InChI is InChI=1S/C9H17NO2/c1-3-8(11)6-10-5-4-9(2,12)7-10/h12H,3-7H2,1-2H3. The van der Waals surface area contributed by atoms with Gasteiger partial charge in [-0.15, -0.1) is 0 Å². The van der Waals surface area contributed by atoms with E-state index in [2.05, 4.69) is 0 Å². The Hall–Kier alpha value is -0.410. The molecule has 3 nitrogen and oxygen atoms in total. The number of Topliss-reactive ketones (excluding diaryl/α,β-unsaturated/α-hetero) is 1. The molecule has 0 radical (unpaired) electrons. The molecule has 0 aromatic rings. The van der Waals surface area contributed by atoms with Crippen molar-refractivity contribution in [1.82, 2.24) is 4.90 Å². The van der Waals surface area contributed by atoms with E-state index in [4.69, 9.17) is 0 Å². The normalized spacial score (nSPS) is 30.9. The lowest BCUT2D eigenvalue weighted by molar-refractivity contribution is -0.119. The number of carbonyl (C=O) groups is 1. The van der Waals surface area contributed by atoms with Crippen molar-refractivity contribution in [3.8, 4) is 0 Å². The Labute approximate surface area is 73.4 Å². The van der Waals surface area contributed by atoms with Gasteiger partial charge >= 0.3 is 0 Å². The van der Waals surface area contributed by atoms with Crippen LogP contribution in [0.1, 0.15) is 26.7 Å². The largest absolute Gasteiger partial charge is 0.389 e. The summed E-state index contributed by atoms with van der Waals surface area (Å²) in [4.78, 5) is 13.1. The predicted octanol–water partition coefficient (Wildman–Crippen LogP) is 0.422. The van der Waals surface area contributed by atoms with Gasteiger partial charge in [0, 0.05) is 19.5 Å². The van der Waals surface area contributed by atoms with E-state index in [1.54, 1.807) is 0 Å². The molecule has 0 bridgehead atoms. The molecule has 1 N–H and O–H groups in total. The summed E-state index contributed by atoms with van der Waals surface area (Å²) in [5.41, 5.74) is -0.575. The van der Waals surface area contributed by atoms with E-state index < -0.39 is 5.60 Å². The number of likely N-dealkylation sites (tertiary alicyclic amines) is 1. The summed E-state index contributed by atoms with van der Waals surface area (Å²) in [6.07, 6.45) is 1.38. The van der Waals surface area contributed by atoms with E-state index in [9.17, 15) is 9.90 Å². The van der Waals surface area contributed by atoms with Gasteiger partial charge in [0.25, 0.3) is 0 Å². The third-order valence-electron chi connectivity index (χ3n) is 2.33. The zero-order chi connectivity index (χ0) is 9.19. The van der Waals surface area contributed by atoms with E-state index in [1.807, 2.05) is 18.7 Å². The Balaban J connectivity index is 2.33. The SMILES string of the molecule is CCC(=O)CN1CCC(C)(O)C1. The van der Waals surface area contributed by atoms with Crippen molar-refractivity contribution in [2.45, 2.75) is 32.3 Å². The van der Waals surface area contributed by atoms with Gasteiger partial charge in [0.1, 0.15) is 5.78 Å². The Morgan fingerprint density at radius 2 is 2.33 bits per heavy atom. The highest BCUT2D eigenvalue weighted by atomic mass is 16.3. The first-order chi connectivity index (χ1) is 5.53. The van der Waals surface area contributed by atoms with Crippen LogP contribution in [0.25, 0.3) is 0 Å². The summed E-state index contributed by atoms with van der Waals surface area (Å²) in [7, 11) is 0. The molecule has 0 aromatic carbocycles. The molecule has 1 saturated heterocycles. The first kappa shape index (κ1) is 9.68. The maximum Gasteiger partial charge on any atom is 0.146 e. The summed E-state index contributed by atoms with van der Waals surface area (Å²) >= 11 is 0. The molecular formula is C9H17NO2. The van der Waals surface area contributed by atoms with Gasteiger partial charge in [-0.05, 0) is 13.3 Å². The molecule has 70 valence electrons. The Kier molecular flexibility index (Phi) is 2.85. The fraction of sp³-hybridized carbons (Fsp3) is 0.889. The van der Waals surface area contributed by atoms with Crippen molar-refractivity contribution in [3.63, 3.8) is 0 Å². The minimum atomic E-state index is -0.575. The maximum absolute atomic E-state index is 11.1. The highest BCUT2D eigenvalue weighted by Crippen LogP contribution is 2.19. The number of carbonyl (C=O) groups excluding carboxylic acids is 1. The van der Waals surface area contributed by atoms with Crippen LogP contribution in [0.5, 0.6) is 0 Å². The molecule has 0 amide bonds. The molecule has 0 saturated carbocycles. The van der Waals surface area contributed by atoms with E-state index in [0.717, 1.165) is 13.0 Å². The first-order valence-electron chi connectivity index (χ1n) is 4.50. The lowest BCUT2D eigenvalue weighted by Crippen LogP contribution is -2.32. The van der Waals surface area contributed by atoms with Gasteiger partial charge in [-0.2, -0.15) is 0 Å². The van der Waals surface area contributed by atoms with Gasteiger partial charge in [0.15, 0.2) is 0 Å². The zero-order valence-corrected chi connectivity index (χ0v) is 7.84.